The van der Waals surface area contributed by atoms with E-state index in [1.165, 1.54) is 0 Å². The summed E-state index contributed by atoms with van der Waals surface area (Å²) in [7, 11) is 0. The number of nitrogens with one attached hydrogen (secondary N) is 4. The van der Waals surface area contributed by atoms with Gasteiger partial charge in [-0.15, -0.1) is 0 Å². The fourth-order valence-electron chi connectivity index (χ4n) is 11.5. The molecule has 17 heteroatoms. The minimum atomic E-state index is -1.15. The van der Waals surface area contributed by atoms with Crippen LogP contribution in [0.5, 0.6) is 0 Å². The van der Waals surface area contributed by atoms with Gasteiger partial charge < -0.3 is 59.5 Å². The third kappa shape index (κ3) is 12.4. The zero-order chi connectivity index (χ0) is 60.6. The van der Waals surface area contributed by atoms with E-state index in [0.717, 1.165) is 133 Å². The number of carboxylic acid groups (broad SMARTS) is 4. The fourth-order valence-corrected chi connectivity index (χ4v) is 11.5. The molecule has 0 amide bonds. The second kappa shape index (κ2) is 25.3. The average molecular weight is 1170 g/mol. The van der Waals surface area contributed by atoms with E-state index in [1.807, 2.05) is 116 Å². The number of fused-ring (bicyclic) bond motifs is 16. The first-order valence-corrected chi connectivity index (χ1v) is 27.7. The predicted molar refractivity (Wildman–Crippen MR) is 328 cm³/mol. The smallest absolute Gasteiger partial charge is 0.550 e. The van der Waals surface area contributed by atoms with Crippen LogP contribution in [0.2, 0.25) is 0 Å². The van der Waals surface area contributed by atoms with E-state index in [9.17, 15) is 39.6 Å². The predicted octanol–water partition coefficient (Wildman–Crippen LogP) is 10.3. The molecule has 6 aromatic heterocycles. The Morgan fingerprint density at radius 2 is 0.541 bits per heavy atom. The normalized spacial score (nSPS) is 12.9. The Labute approximate surface area is 507 Å². The molecule has 0 aliphatic carbocycles. The molecule has 0 spiro atoms. The molecule has 0 atom stereocenters. The van der Waals surface area contributed by atoms with Gasteiger partial charge in [-0.1, -0.05) is 50.6 Å². The van der Waals surface area contributed by atoms with Gasteiger partial charge in [0.2, 0.25) is 0 Å². The van der Waals surface area contributed by atoms with E-state index >= 15 is 0 Å². The third-order valence-electron chi connectivity index (χ3n) is 16.4. The van der Waals surface area contributed by atoms with Crippen LogP contribution in [-0.4, -0.2) is 63.7 Å². The van der Waals surface area contributed by atoms with Gasteiger partial charge in [-0.2, -0.15) is 0 Å². The quantitative estimate of drug-likeness (QED) is 0.0659. The minimum Gasteiger partial charge on any atom is -0.550 e. The summed E-state index contributed by atoms with van der Waals surface area (Å²) in [6, 6.07) is 15.6. The molecule has 0 radical (unpaired) electrons. The number of aromatic nitrogens is 8. The molecule has 4 aliphatic rings. The summed E-state index contributed by atoms with van der Waals surface area (Å²) in [5.74, 6) is -4.58. The van der Waals surface area contributed by atoms with E-state index in [2.05, 4.69) is 46.3 Å². The molecule has 0 unspecified atom stereocenters. The number of allylic oxidation sites excluding steroid dienone is 8. The molecule has 16 nitrogen and oxygen atoms in total. The molecular weight excluding hydrogens is 1100 g/mol. The first-order valence-electron chi connectivity index (χ1n) is 27.7. The zero-order valence-corrected chi connectivity index (χ0v) is 50.5. The van der Waals surface area contributed by atoms with E-state index in [1.54, 1.807) is 12.2 Å². The molecular formula is C68H64N8O8Ti. The van der Waals surface area contributed by atoms with Crippen molar-refractivity contribution in [1.29, 1.82) is 0 Å². The number of rotatable bonds is 16. The van der Waals surface area contributed by atoms with Crippen molar-refractivity contribution in [1.82, 2.24) is 39.9 Å². The molecule has 0 saturated carbocycles. The summed E-state index contributed by atoms with van der Waals surface area (Å²) in [6.07, 6.45) is 7.58. The maximum atomic E-state index is 11.4. The molecule has 428 valence electrons. The number of hydrogen-bond acceptors (Lipinski definition) is 12. The van der Waals surface area contributed by atoms with Crippen LogP contribution < -0.4 is 20.4 Å². The zero-order valence-electron chi connectivity index (χ0n) is 49.0. The number of carbonyl (C=O) groups is 4. The van der Waals surface area contributed by atoms with Gasteiger partial charge in [-0.05, 0) is 222 Å². The summed E-state index contributed by atoms with van der Waals surface area (Å²) in [4.78, 5) is 79.4. The Kier molecular flexibility index (Phi) is 18.4. The largest absolute Gasteiger partial charge is 4.00 e. The molecule has 10 heterocycles. The van der Waals surface area contributed by atoms with Crippen LogP contribution in [0.3, 0.4) is 0 Å². The Hall–Kier alpha value is -9.25. The monoisotopic (exact) mass is 1170 g/mol. The summed E-state index contributed by atoms with van der Waals surface area (Å²) in [5, 5.41) is 45.6. The number of nitrogens with zero attached hydrogens (tertiary/aromatic N) is 4. The van der Waals surface area contributed by atoms with Crippen molar-refractivity contribution in [2.75, 3.05) is 0 Å². The molecule has 0 fully saturated rings. The number of carboxylic acids is 4. The molecule has 16 bridgehead atoms. The summed E-state index contributed by atoms with van der Waals surface area (Å²) < 4.78 is 0. The maximum Gasteiger partial charge on any atom is 4.00 e. The van der Waals surface area contributed by atoms with Crippen molar-refractivity contribution in [2.24, 2.45) is 0 Å². The van der Waals surface area contributed by atoms with E-state index in [0.29, 0.717) is 45.6 Å². The third-order valence-corrected chi connectivity index (χ3v) is 16.4. The Morgan fingerprint density at radius 3 is 0.753 bits per heavy atom. The van der Waals surface area contributed by atoms with Gasteiger partial charge in [0.25, 0.3) is 0 Å². The SMILES string of the molecule is C=Cc1c(C)c2cc3[nH]c(cc4nc(cc5nc(cc1[nH]2)C(C)=C5CCC(=O)[O-])C(CCC(=O)[O-])=C4C)c(C)c3C=C.C=Cc1c(C)c2cc3[nH]c(cc4nc(cc5nc(cc1[nH]2)C(C)=C5CCC(=O)[O-])C(CCC(=O)[O-])=C4C)c(C)c3C=C.[Ti+4]. The molecule has 10 rings (SSSR count). The number of hydrogen-bond donors (Lipinski definition) is 4. The van der Waals surface area contributed by atoms with Gasteiger partial charge in [-0.3, -0.25) is 0 Å². The summed E-state index contributed by atoms with van der Waals surface area (Å²) in [5.41, 5.74) is 26.5. The Balaban J connectivity index is 0.000000219. The van der Waals surface area contributed by atoms with Crippen molar-refractivity contribution in [3.8, 4) is 0 Å². The second-order valence-electron chi connectivity index (χ2n) is 21.4. The van der Waals surface area contributed by atoms with Gasteiger partial charge in [0.15, 0.2) is 0 Å². The van der Waals surface area contributed by atoms with Crippen LogP contribution >= 0.6 is 0 Å². The molecule has 4 N–H and O–H groups in total. The van der Waals surface area contributed by atoms with Crippen molar-refractivity contribution in [2.45, 2.75) is 107 Å². The number of aromatic amines is 4. The standard InChI is InChI=1S/2C34H34N4O4.Ti/c2*1-7-21-17(3)25-13-26-19(5)23(9-11-33(39)40)31(37-26)16-32-24(10-12-34(41)42)20(6)28(38-32)15-30-22(8-2)18(4)27(36-30)14-29(21)35-25;/h2*7-8,13-16,35-36H,1-2,9-12H2,3-6H3,(H,39,40)(H,41,42);/q;;+4/p-4. The number of aryl methyl sites for hydroxylation is 4. The van der Waals surface area contributed by atoms with Gasteiger partial charge in [0.1, 0.15) is 0 Å². The van der Waals surface area contributed by atoms with Gasteiger partial charge in [0, 0.05) is 90.3 Å². The summed E-state index contributed by atoms with van der Waals surface area (Å²) in [6.45, 7) is 31.9. The van der Waals surface area contributed by atoms with Crippen molar-refractivity contribution >= 4 is 137 Å². The van der Waals surface area contributed by atoms with Crippen LogP contribution in [0, 0.1) is 27.7 Å². The first-order chi connectivity index (χ1) is 40.0. The van der Waals surface area contributed by atoms with Gasteiger partial charge >= 0.3 is 21.7 Å². The molecule has 85 heavy (non-hydrogen) atoms. The second-order valence-corrected chi connectivity index (χ2v) is 21.4. The number of carbonyl (C=O) groups excluding carboxylic acids is 4. The molecule has 0 saturated heterocycles. The van der Waals surface area contributed by atoms with E-state index in [4.69, 9.17) is 19.9 Å². The van der Waals surface area contributed by atoms with Crippen LogP contribution in [0.4, 0.5) is 0 Å². The Bertz CT molecular complexity index is 4120. The van der Waals surface area contributed by atoms with Crippen molar-refractivity contribution < 1.29 is 61.3 Å². The van der Waals surface area contributed by atoms with Crippen LogP contribution in [0.15, 0.2) is 74.8 Å². The van der Waals surface area contributed by atoms with Crippen molar-refractivity contribution in [3.05, 3.63) is 165 Å². The summed E-state index contributed by atoms with van der Waals surface area (Å²) >= 11 is 0. The van der Waals surface area contributed by atoms with Crippen LogP contribution in [0.1, 0.15) is 169 Å². The molecule has 0 aromatic carbocycles. The molecule has 6 aromatic rings. The van der Waals surface area contributed by atoms with Crippen molar-refractivity contribution in [3.63, 3.8) is 0 Å². The molecule has 4 aliphatic heterocycles. The van der Waals surface area contributed by atoms with Gasteiger partial charge in [-0.25, -0.2) is 19.9 Å². The number of aliphatic carboxylic acids is 4. The van der Waals surface area contributed by atoms with E-state index in [-0.39, 0.29) is 73.1 Å². The maximum absolute atomic E-state index is 11.4. The van der Waals surface area contributed by atoms with Crippen LogP contribution in [0.25, 0.3) is 113 Å². The first kappa shape index (κ1) is 61.8. The van der Waals surface area contributed by atoms with Crippen LogP contribution in [-0.2, 0) is 40.9 Å². The fraction of sp³-hybridized carbons (Fsp3) is 0.235. The Morgan fingerprint density at radius 1 is 0.341 bits per heavy atom. The number of H-pyrrole nitrogens is 4. The van der Waals surface area contributed by atoms with E-state index < -0.39 is 23.9 Å². The average Bonchev–Trinajstić information content (AvgIpc) is 1.94. The topological polar surface area (TPSA) is 275 Å². The minimum absolute atomic E-state index is 0. The van der Waals surface area contributed by atoms with Gasteiger partial charge in [0.05, 0.1) is 45.6 Å².